The molecule has 0 unspecified atom stereocenters. The molecule has 0 aliphatic rings. The minimum atomic E-state index is -3.17. The molecule has 0 fully saturated rings. The first kappa shape index (κ1) is 18.9. The summed E-state index contributed by atoms with van der Waals surface area (Å²) in [6.45, 7) is 4.14. The van der Waals surface area contributed by atoms with Crippen molar-refractivity contribution in [2.45, 2.75) is 39.5 Å². The maximum Gasteiger partial charge on any atom is 1.00 e. The van der Waals surface area contributed by atoms with Crippen LogP contribution in [0.25, 0.3) is 0 Å². The number of unbranched alkanes of at least 4 members (excludes halogenated alkanes) is 2. The fraction of sp³-hybridized carbons (Fsp3) is 1.00. The Labute approximate surface area is 138 Å². The Morgan fingerprint density at radius 2 is 1.43 bits per heavy atom. The molecular weight excluding hydrogens is 262 g/mol. The fourth-order valence-electron chi connectivity index (χ4n) is 0.679. The van der Waals surface area contributed by atoms with Gasteiger partial charge < -0.3 is 9.46 Å². The van der Waals surface area contributed by atoms with E-state index in [0.717, 1.165) is 60.0 Å². The van der Waals surface area contributed by atoms with Gasteiger partial charge in [0.05, 0.1) is 0 Å². The molecule has 0 spiro atoms. The Bertz CT molecular complexity index is 155. The van der Waals surface area contributed by atoms with Gasteiger partial charge in [-0.1, -0.05) is 26.7 Å². The molecule has 0 aromatic carbocycles. The molecule has 0 aliphatic carbocycles. The van der Waals surface area contributed by atoms with Gasteiger partial charge in [0.25, 0.3) is 0 Å². The zero-order valence-electron chi connectivity index (χ0n) is 9.32. The van der Waals surface area contributed by atoms with Crippen molar-refractivity contribution in [3.63, 3.8) is 0 Å². The summed E-state index contributed by atoms with van der Waals surface area (Å²) in [6, 6.07) is 0. The van der Waals surface area contributed by atoms with Crippen LogP contribution in [-0.2, 0) is 4.57 Å². The molecule has 0 rings (SSSR count). The van der Waals surface area contributed by atoms with E-state index in [-0.39, 0.29) is 51.4 Å². The molecule has 0 saturated carbocycles. The Kier molecular flexibility index (Phi) is 16.2. The van der Waals surface area contributed by atoms with Crippen molar-refractivity contribution >= 4 is 28.5 Å². The van der Waals surface area contributed by atoms with Crippen LogP contribution in [0.1, 0.15) is 39.5 Å². The van der Waals surface area contributed by atoms with Crippen LogP contribution < -0.4 is 56.3 Å². The largest absolute Gasteiger partial charge is 1.00 e. The van der Waals surface area contributed by atoms with Gasteiger partial charge in [-0.25, -0.2) is 0 Å². The molecule has 6 heteroatoms. The van der Waals surface area contributed by atoms with E-state index in [4.69, 9.17) is 0 Å². The molecule has 0 aromatic rings. The molecule has 0 atom stereocenters. The van der Waals surface area contributed by atoms with Crippen molar-refractivity contribution in [2.75, 3.05) is 11.5 Å². The predicted octanol–water partition coefficient (Wildman–Crippen LogP) is 0.525. The van der Waals surface area contributed by atoms with E-state index < -0.39 is 5.77 Å². The molecule has 0 heterocycles. The van der Waals surface area contributed by atoms with Gasteiger partial charge >= 0.3 is 51.4 Å². The van der Waals surface area contributed by atoms with Crippen molar-refractivity contribution < 1.29 is 60.8 Å². The maximum absolute atomic E-state index is 11.3. The average Bonchev–Trinajstić information content (AvgIpc) is 2.05. The quantitative estimate of drug-likeness (QED) is 0.369. The van der Waals surface area contributed by atoms with E-state index in [1.54, 1.807) is 0 Å². The van der Waals surface area contributed by atoms with Gasteiger partial charge in [-0.15, -0.1) is 22.8 Å². The number of rotatable bonds is 8. The first-order chi connectivity index (χ1) is 6.12. The van der Waals surface area contributed by atoms with E-state index in [1.165, 1.54) is 0 Å². The van der Waals surface area contributed by atoms with E-state index in [0.29, 0.717) is 0 Å². The molecule has 0 radical (unpaired) electrons. The Morgan fingerprint density at radius 1 is 1.07 bits per heavy atom. The molecule has 0 saturated heterocycles. The van der Waals surface area contributed by atoms with Gasteiger partial charge in [-0.05, 0) is 24.3 Å². The van der Waals surface area contributed by atoms with Crippen LogP contribution in [0, 0.1) is 0 Å². The van der Waals surface area contributed by atoms with Gasteiger partial charge in [0, 0.05) is 0 Å². The first-order valence-corrected chi connectivity index (χ1v) is 9.53. The van der Waals surface area contributed by atoms with Crippen LogP contribution in [0.15, 0.2) is 0 Å². The van der Waals surface area contributed by atoms with Gasteiger partial charge in [0.15, 0.2) is 0 Å². The molecule has 0 bridgehead atoms. The third kappa shape index (κ3) is 12.6. The van der Waals surface area contributed by atoms with Crippen LogP contribution >= 0.6 is 28.5 Å². The second-order valence-electron chi connectivity index (χ2n) is 2.82. The van der Waals surface area contributed by atoms with E-state index in [1.807, 2.05) is 0 Å². The number of hydrogen-bond acceptors (Lipinski definition) is 4. The van der Waals surface area contributed by atoms with Crippen LogP contribution in [0.4, 0.5) is 0 Å². The third-order valence-corrected chi connectivity index (χ3v) is 7.96. The fourth-order valence-corrected chi connectivity index (χ4v) is 6.39. The second kappa shape index (κ2) is 12.0. The van der Waals surface area contributed by atoms with E-state index >= 15 is 0 Å². The summed E-state index contributed by atoms with van der Waals surface area (Å²) in [5.74, 6) is -1.68. The van der Waals surface area contributed by atoms with Gasteiger partial charge in [0.1, 0.15) is 5.77 Å². The molecule has 0 N–H and O–H groups in total. The summed E-state index contributed by atoms with van der Waals surface area (Å²) >= 11 is 2.23. The topological polar surface area (TPSA) is 40.1 Å². The third-order valence-electron chi connectivity index (χ3n) is 1.49. The van der Waals surface area contributed by atoms with Crippen molar-refractivity contribution in [3.05, 3.63) is 0 Å². The normalized spacial score (nSPS) is 11.1. The molecular formula is C8H18KO2PS2. The average molecular weight is 280 g/mol. The van der Waals surface area contributed by atoms with Crippen molar-refractivity contribution in [1.82, 2.24) is 0 Å². The Balaban J connectivity index is 0. The first-order valence-electron chi connectivity index (χ1n) is 4.72. The predicted molar refractivity (Wildman–Crippen MR) is 62.3 cm³/mol. The monoisotopic (exact) mass is 280 g/mol. The van der Waals surface area contributed by atoms with Gasteiger partial charge in [0.2, 0.25) is 0 Å². The van der Waals surface area contributed by atoms with Crippen LogP contribution in [0.3, 0.4) is 0 Å². The summed E-state index contributed by atoms with van der Waals surface area (Å²) in [7, 11) is 0. The van der Waals surface area contributed by atoms with Crippen LogP contribution in [0.5, 0.6) is 0 Å². The zero-order chi connectivity index (χ0) is 10.2. The molecule has 0 aliphatic heterocycles. The van der Waals surface area contributed by atoms with Crippen molar-refractivity contribution in [2.24, 2.45) is 0 Å². The SMILES string of the molecule is CCCCSP(=O)([O-])SCCCC.[K+]. The Hall–Kier alpha value is 2.53. The standard InChI is InChI=1S/C8H19O2PS2.K/c1-3-5-7-12-11(9,10)13-8-6-4-2;/h3-8H2,1-2H3,(H,9,10);/q;+1/p-1. The van der Waals surface area contributed by atoms with Crippen LogP contribution in [-0.4, -0.2) is 11.5 Å². The summed E-state index contributed by atoms with van der Waals surface area (Å²) in [5, 5.41) is 0. The minimum Gasteiger partial charge on any atom is -0.784 e. The van der Waals surface area contributed by atoms with E-state index in [9.17, 15) is 9.46 Å². The summed E-state index contributed by atoms with van der Waals surface area (Å²) in [5.41, 5.74) is 0. The molecule has 0 aromatic heterocycles. The molecule has 0 amide bonds. The second-order valence-corrected chi connectivity index (χ2v) is 10.2. The number of hydrogen-bond donors (Lipinski definition) is 0. The van der Waals surface area contributed by atoms with E-state index in [2.05, 4.69) is 13.8 Å². The summed E-state index contributed by atoms with van der Waals surface area (Å²) in [4.78, 5) is 11.3. The van der Waals surface area contributed by atoms with Crippen LogP contribution in [0.2, 0.25) is 0 Å². The molecule has 80 valence electrons. The van der Waals surface area contributed by atoms with Gasteiger partial charge in [-0.3, -0.25) is 0 Å². The zero-order valence-corrected chi connectivity index (χ0v) is 15.0. The summed E-state index contributed by atoms with van der Waals surface area (Å²) in [6.07, 6.45) is 4.11. The molecule has 2 nitrogen and oxygen atoms in total. The Morgan fingerprint density at radius 3 is 1.71 bits per heavy atom. The van der Waals surface area contributed by atoms with Gasteiger partial charge in [-0.2, -0.15) is 0 Å². The van der Waals surface area contributed by atoms with Crippen molar-refractivity contribution in [3.8, 4) is 0 Å². The maximum atomic E-state index is 11.3. The van der Waals surface area contributed by atoms with Crippen molar-refractivity contribution in [1.29, 1.82) is 0 Å². The molecule has 14 heavy (non-hydrogen) atoms. The smallest absolute Gasteiger partial charge is 0.784 e. The minimum absolute atomic E-state index is 0. The summed E-state index contributed by atoms with van der Waals surface area (Å²) < 4.78 is 11.3.